The first-order valence-electron chi connectivity index (χ1n) is 9.65. The Morgan fingerprint density at radius 2 is 1.47 bits per heavy atom. The van der Waals surface area contributed by atoms with Crippen molar-refractivity contribution in [2.24, 2.45) is 5.10 Å². The summed E-state index contributed by atoms with van der Waals surface area (Å²) in [7, 11) is -8.37. The van der Waals surface area contributed by atoms with Crippen molar-refractivity contribution in [2.75, 3.05) is 26.4 Å². The fourth-order valence-electron chi connectivity index (χ4n) is 3.05. The fraction of sp³-hybridized carbons (Fsp3) is 0.556. The summed E-state index contributed by atoms with van der Waals surface area (Å²) in [5, 5.41) is 2.29. The molecule has 1 aliphatic heterocycles. The highest BCUT2D eigenvalue weighted by atomic mass is 35.5. The molecule has 1 heterocycles. The van der Waals surface area contributed by atoms with Crippen LogP contribution in [-0.4, -0.2) is 42.9 Å². The molecule has 30 heavy (non-hydrogen) atoms. The number of hydrazone groups is 1. The molecule has 0 fully saturated rings. The summed E-state index contributed by atoms with van der Waals surface area (Å²) >= 11 is 6.14. The maximum absolute atomic E-state index is 13.9. The number of nitrogens with zero attached hydrogens (tertiary/aromatic N) is 1. The molecule has 0 aliphatic carbocycles. The van der Waals surface area contributed by atoms with Crippen LogP contribution in [0.1, 0.15) is 44.5 Å². The molecule has 1 aromatic rings. The van der Waals surface area contributed by atoms with Gasteiger partial charge in [-0.3, -0.25) is 19.4 Å². The molecule has 0 aromatic heterocycles. The standard InChI is InChI=1S/C18H27ClN2O7P2/c1-5-25-29(23,26-6-2)18(30(24,27-7-3)28-8-4)13-16(20-21-18)17(22)14-11-9-10-12-15(14)19/h9-12,21H,5-8,13H2,1-4H3. The monoisotopic (exact) mass is 480 g/mol. The molecule has 0 atom stereocenters. The molecule has 0 amide bonds. The number of halogens is 1. The van der Waals surface area contributed by atoms with Crippen LogP contribution < -0.4 is 5.43 Å². The first kappa shape index (κ1) is 25.2. The predicted octanol–water partition coefficient (Wildman–Crippen LogP) is 5.06. The Labute approximate surface area is 181 Å². The Morgan fingerprint density at radius 3 is 1.90 bits per heavy atom. The number of carbonyl (C=O) groups excluding carboxylic acids is 1. The van der Waals surface area contributed by atoms with Crippen LogP contribution in [-0.2, 0) is 27.2 Å². The van der Waals surface area contributed by atoms with E-state index in [4.69, 9.17) is 29.7 Å². The predicted molar refractivity (Wildman–Crippen MR) is 115 cm³/mol. The molecular weight excluding hydrogens is 454 g/mol. The summed E-state index contributed by atoms with van der Waals surface area (Å²) < 4.78 is 49.6. The lowest BCUT2D eigenvalue weighted by molar-refractivity contribution is 0.106. The third-order valence-corrected chi connectivity index (χ3v) is 10.8. The molecule has 0 bridgehead atoms. The van der Waals surface area contributed by atoms with Crippen molar-refractivity contribution in [3.63, 3.8) is 0 Å². The van der Waals surface area contributed by atoms with E-state index < -0.39 is 26.0 Å². The second-order valence-corrected chi connectivity index (χ2v) is 11.4. The van der Waals surface area contributed by atoms with Gasteiger partial charge in [0, 0.05) is 12.0 Å². The Balaban J connectivity index is 2.57. The summed E-state index contributed by atoms with van der Waals surface area (Å²) in [4.78, 5) is 13.0. The van der Waals surface area contributed by atoms with Crippen LogP contribution in [0.2, 0.25) is 5.02 Å². The average Bonchev–Trinajstić information content (AvgIpc) is 3.17. The van der Waals surface area contributed by atoms with Crippen molar-refractivity contribution in [1.82, 2.24) is 5.43 Å². The summed E-state index contributed by atoms with van der Waals surface area (Å²) in [5.74, 6) is -0.505. The first-order chi connectivity index (χ1) is 14.2. The van der Waals surface area contributed by atoms with Gasteiger partial charge in [0.25, 0.3) is 5.02 Å². The Kier molecular flexibility index (Phi) is 8.83. The van der Waals surface area contributed by atoms with Gasteiger partial charge in [-0.25, -0.2) is 0 Å². The van der Waals surface area contributed by atoms with Crippen molar-refractivity contribution >= 4 is 38.3 Å². The zero-order valence-electron chi connectivity index (χ0n) is 17.4. The Hall–Kier alpha value is -1.05. The van der Waals surface area contributed by atoms with E-state index in [0.29, 0.717) is 0 Å². The van der Waals surface area contributed by atoms with Gasteiger partial charge in [0.1, 0.15) is 5.71 Å². The number of hydrogen-bond donors (Lipinski definition) is 1. The molecule has 0 saturated heterocycles. The van der Waals surface area contributed by atoms with Crippen LogP contribution in [0.4, 0.5) is 0 Å². The number of hydrogen-bond acceptors (Lipinski definition) is 9. The number of nitrogens with one attached hydrogen (secondary N) is 1. The molecule has 1 aromatic carbocycles. The van der Waals surface area contributed by atoms with E-state index in [0.717, 1.165) is 0 Å². The van der Waals surface area contributed by atoms with Gasteiger partial charge >= 0.3 is 15.2 Å². The molecule has 0 unspecified atom stereocenters. The molecule has 12 heteroatoms. The van der Waals surface area contributed by atoms with Gasteiger partial charge in [-0.05, 0) is 39.8 Å². The van der Waals surface area contributed by atoms with Gasteiger partial charge in [-0.1, -0.05) is 23.7 Å². The van der Waals surface area contributed by atoms with Crippen LogP contribution in [0.15, 0.2) is 29.4 Å². The molecular formula is C18H27ClN2O7P2. The third-order valence-electron chi connectivity index (χ3n) is 4.27. The van der Waals surface area contributed by atoms with Gasteiger partial charge in [0.05, 0.1) is 31.5 Å². The van der Waals surface area contributed by atoms with Gasteiger partial charge in [-0.2, -0.15) is 5.10 Å². The van der Waals surface area contributed by atoms with Crippen molar-refractivity contribution in [3.8, 4) is 0 Å². The van der Waals surface area contributed by atoms with Crippen molar-refractivity contribution in [1.29, 1.82) is 0 Å². The number of carbonyl (C=O) groups is 1. The average molecular weight is 481 g/mol. The number of Topliss-reactive ketones (excluding diaryl/α,β-unsaturated/α-hetero) is 1. The fourth-order valence-corrected chi connectivity index (χ4v) is 8.56. The highest BCUT2D eigenvalue weighted by molar-refractivity contribution is 7.74. The van der Waals surface area contributed by atoms with Crippen LogP contribution in [0.5, 0.6) is 0 Å². The van der Waals surface area contributed by atoms with Gasteiger partial charge in [-0.15, -0.1) is 0 Å². The number of ketones is 1. The molecule has 0 radical (unpaired) electrons. The van der Waals surface area contributed by atoms with E-state index in [9.17, 15) is 13.9 Å². The Bertz CT molecular complexity index is 843. The minimum Gasteiger partial charge on any atom is -0.307 e. The SMILES string of the molecule is CCOP(=O)(OCC)C1(P(=O)(OCC)OCC)CC(C(=O)c2ccccc2Cl)=NN1. The minimum atomic E-state index is -4.18. The van der Waals surface area contributed by atoms with E-state index in [1.54, 1.807) is 52.0 Å². The van der Waals surface area contributed by atoms with Crippen molar-refractivity contribution in [3.05, 3.63) is 34.9 Å². The lowest BCUT2D eigenvalue weighted by Gasteiger charge is -2.38. The second kappa shape index (κ2) is 10.5. The summed E-state index contributed by atoms with van der Waals surface area (Å²) in [6, 6.07) is 6.46. The van der Waals surface area contributed by atoms with Crippen LogP contribution in [0.25, 0.3) is 0 Å². The Morgan fingerprint density at radius 1 is 1.00 bits per heavy atom. The molecule has 9 nitrogen and oxygen atoms in total. The number of rotatable bonds is 12. The summed E-state index contributed by atoms with van der Waals surface area (Å²) in [5.41, 5.74) is 2.78. The maximum atomic E-state index is 13.9. The minimum absolute atomic E-state index is 0.00670. The smallest absolute Gasteiger partial charge is 0.307 e. The molecule has 0 saturated carbocycles. The van der Waals surface area contributed by atoms with Crippen molar-refractivity contribution < 1.29 is 32.0 Å². The van der Waals surface area contributed by atoms with Crippen molar-refractivity contribution in [2.45, 2.75) is 39.1 Å². The number of benzene rings is 1. The first-order valence-corrected chi connectivity index (χ1v) is 13.1. The largest absolute Gasteiger partial charge is 0.370 e. The van der Waals surface area contributed by atoms with Crippen LogP contribution >= 0.6 is 26.8 Å². The van der Waals surface area contributed by atoms with E-state index in [2.05, 4.69) is 10.5 Å². The van der Waals surface area contributed by atoms with Crippen LogP contribution in [0, 0.1) is 0 Å². The zero-order chi connectivity index (χ0) is 22.4. The summed E-state index contributed by atoms with van der Waals surface area (Å²) in [6.07, 6.45) is -0.356. The van der Waals surface area contributed by atoms with Crippen LogP contribution in [0.3, 0.4) is 0 Å². The molecule has 0 spiro atoms. The van der Waals surface area contributed by atoms with E-state index >= 15 is 0 Å². The van der Waals surface area contributed by atoms with Gasteiger partial charge in [0.2, 0.25) is 5.78 Å². The topological polar surface area (TPSA) is 113 Å². The second-order valence-electron chi connectivity index (χ2n) is 6.14. The maximum Gasteiger partial charge on any atom is 0.370 e. The highest BCUT2D eigenvalue weighted by Gasteiger charge is 2.68. The lowest BCUT2D eigenvalue weighted by atomic mass is 10.1. The quantitative estimate of drug-likeness (QED) is 0.326. The third kappa shape index (κ3) is 4.58. The van der Waals surface area contributed by atoms with Gasteiger partial charge in [0.15, 0.2) is 0 Å². The molecule has 2 rings (SSSR count). The van der Waals surface area contributed by atoms with E-state index in [1.165, 1.54) is 0 Å². The highest BCUT2D eigenvalue weighted by Crippen LogP contribution is 2.78. The normalized spacial score (nSPS) is 16.2. The molecule has 168 valence electrons. The van der Waals surface area contributed by atoms with Gasteiger partial charge < -0.3 is 18.1 Å². The zero-order valence-corrected chi connectivity index (χ0v) is 20.0. The molecule has 1 aliphatic rings. The van der Waals surface area contributed by atoms with E-state index in [-0.39, 0.29) is 49.1 Å². The lowest BCUT2D eigenvalue weighted by Crippen LogP contribution is -2.42. The van der Waals surface area contributed by atoms with E-state index in [1.807, 2.05) is 0 Å². The molecule has 1 N–H and O–H groups in total. The summed E-state index contributed by atoms with van der Waals surface area (Å²) in [6.45, 7) is 6.52.